The highest BCUT2D eigenvalue weighted by Gasteiger charge is 2.63. The number of hydrogen-bond donors (Lipinski definition) is 1. The highest BCUT2D eigenvalue weighted by molar-refractivity contribution is 9.10. The third-order valence-corrected chi connectivity index (χ3v) is 6.22. The Morgan fingerprint density at radius 3 is 2.74 bits per heavy atom. The Labute approximate surface area is 149 Å². The van der Waals surface area contributed by atoms with Crippen molar-refractivity contribution in [1.82, 2.24) is 5.32 Å². The predicted octanol–water partition coefficient (Wildman–Crippen LogP) is 3.71. The summed E-state index contributed by atoms with van der Waals surface area (Å²) in [6.45, 7) is 1.97. The van der Waals surface area contributed by atoms with Crippen LogP contribution in [0.2, 0.25) is 0 Å². The minimum absolute atomic E-state index is 0.301. The molecule has 23 heavy (non-hydrogen) atoms. The van der Waals surface area contributed by atoms with Crippen LogP contribution >= 0.6 is 28.1 Å². The number of hydrogen-bond acceptors (Lipinski definition) is 4. The van der Waals surface area contributed by atoms with Gasteiger partial charge in [0.05, 0.1) is 11.8 Å². The number of ether oxygens (including phenoxy) is 2. The minimum Gasteiger partial charge on any atom is -0.482 e. The highest BCUT2D eigenvalue weighted by Crippen LogP contribution is 2.56. The van der Waals surface area contributed by atoms with Crippen molar-refractivity contribution in [3.8, 4) is 5.75 Å². The van der Waals surface area contributed by atoms with Gasteiger partial charge in [0.25, 0.3) is 0 Å². The number of methoxy groups -OCH3 is 1. The molecule has 3 aliphatic rings. The number of aliphatic imine (C=N–C) groups is 1. The fourth-order valence-corrected chi connectivity index (χ4v) is 4.64. The molecule has 2 spiro atoms. The van der Waals surface area contributed by atoms with E-state index in [0.29, 0.717) is 6.10 Å². The van der Waals surface area contributed by atoms with E-state index in [9.17, 15) is 0 Å². The van der Waals surface area contributed by atoms with Crippen molar-refractivity contribution in [2.75, 3.05) is 7.11 Å². The lowest BCUT2D eigenvalue weighted by Gasteiger charge is -2.44. The summed E-state index contributed by atoms with van der Waals surface area (Å²) in [6.07, 6.45) is 4.02. The van der Waals surface area contributed by atoms with Gasteiger partial charge >= 0.3 is 0 Å². The zero-order valence-electron chi connectivity index (χ0n) is 13.2. The van der Waals surface area contributed by atoms with Gasteiger partial charge in [-0.25, -0.2) is 0 Å². The average Bonchev–Trinajstić information content (AvgIpc) is 2.97. The molecular weight excluding hydrogens is 376 g/mol. The van der Waals surface area contributed by atoms with Gasteiger partial charge in [0.1, 0.15) is 10.7 Å². The standard InChI is InChI=1S/C17H19BrN2O2S/c1-10-15(23)20-17(19-10)13-9-11(18)3-4-14(13)22-16(17)7-5-12(21-2)6-8-16/h3-4,9,12H,5-8H2,1-2H3,(H,20,23). The van der Waals surface area contributed by atoms with Gasteiger partial charge in [-0.2, -0.15) is 0 Å². The lowest BCUT2D eigenvalue weighted by molar-refractivity contribution is -0.0580. The van der Waals surface area contributed by atoms with E-state index in [1.54, 1.807) is 7.11 Å². The maximum atomic E-state index is 6.51. The molecule has 0 radical (unpaired) electrons. The third-order valence-electron chi connectivity index (χ3n) is 5.33. The number of nitrogens with zero attached hydrogens (tertiary/aromatic N) is 1. The topological polar surface area (TPSA) is 42.9 Å². The summed E-state index contributed by atoms with van der Waals surface area (Å²) < 4.78 is 13.1. The summed E-state index contributed by atoms with van der Waals surface area (Å²) in [4.78, 5) is 5.71. The molecule has 122 valence electrons. The van der Waals surface area contributed by atoms with Crippen LogP contribution < -0.4 is 10.1 Å². The molecule has 2 aliphatic heterocycles. The van der Waals surface area contributed by atoms with Crippen LogP contribution in [0.4, 0.5) is 0 Å². The molecule has 4 nitrogen and oxygen atoms in total. The van der Waals surface area contributed by atoms with E-state index in [1.165, 1.54) is 0 Å². The molecule has 1 aliphatic carbocycles. The van der Waals surface area contributed by atoms with Crippen LogP contribution in [-0.4, -0.2) is 29.5 Å². The van der Waals surface area contributed by atoms with Crippen molar-refractivity contribution in [3.63, 3.8) is 0 Å². The van der Waals surface area contributed by atoms with E-state index in [-0.39, 0.29) is 0 Å². The van der Waals surface area contributed by atoms with Crippen LogP contribution in [0, 0.1) is 0 Å². The molecule has 1 saturated carbocycles. The van der Waals surface area contributed by atoms with E-state index in [1.807, 2.05) is 19.1 Å². The predicted molar refractivity (Wildman–Crippen MR) is 97.3 cm³/mol. The highest BCUT2D eigenvalue weighted by atomic mass is 79.9. The fourth-order valence-electron chi connectivity index (χ4n) is 4.09. The second-order valence-corrected chi connectivity index (χ2v) is 7.86. The van der Waals surface area contributed by atoms with Gasteiger partial charge in [-0.15, -0.1) is 0 Å². The summed E-state index contributed by atoms with van der Waals surface area (Å²) in [6, 6.07) is 6.13. The first-order valence-corrected chi connectivity index (χ1v) is 9.11. The molecule has 0 saturated heterocycles. The zero-order chi connectivity index (χ0) is 16.2. The molecule has 0 bridgehead atoms. The van der Waals surface area contributed by atoms with Crippen molar-refractivity contribution < 1.29 is 9.47 Å². The Morgan fingerprint density at radius 1 is 1.39 bits per heavy atom. The SMILES string of the molecule is COC1CCC2(CC1)Oc1ccc(Br)cc1C21N=C(C)C(=S)N1. The van der Waals surface area contributed by atoms with Crippen LogP contribution in [0.5, 0.6) is 5.75 Å². The zero-order valence-corrected chi connectivity index (χ0v) is 15.6. The second kappa shape index (κ2) is 5.26. The molecule has 1 N–H and O–H groups in total. The van der Waals surface area contributed by atoms with E-state index < -0.39 is 11.3 Å². The summed E-state index contributed by atoms with van der Waals surface area (Å²) in [5.74, 6) is 0.901. The Morgan fingerprint density at radius 2 is 2.13 bits per heavy atom. The van der Waals surface area contributed by atoms with E-state index in [4.69, 9.17) is 26.7 Å². The number of halogens is 1. The molecule has 1 aromatic carbocycles. The maximum absolute atomic E-state index is 6.51. The molecule has 6 heteroatoms. The maximum Gasteiger partial charge on any atom is 0.200 e. The lowest BCUT2D eigenvalue weighted by atomic mass is 9.73. The van der Waals surface area contributed by atoms with Gasteiger partial charge in [-0.05, 0) is 50.8 Å². The first kappa shape index (κ1) is 15.5. The molecular formula is C17H19BrN2O2S. The molecule has 1 aromatic rings. The summed E-state index contributed by atoms with van der Waals surface area (Å²) in [5, 5.41) is 3.50. The molecule has 0 amide bonds. The molecule has 2 heterocycles. The van der Waals surface area contributed by atoms with Crippen molar-refractivity contribution >= 4 is 38.8 Å². The first-order chi connectivity index (χ1) is 11.0. The minimum atomic E-state index is -0.605. The second-order valence-electron chi connectivity index (χ2n) is 6.53. The largest absolute Gasteiger partial charge is 0.482 e. The van der Waals surface area contributed by atoms with Crippen molar-refractivity contribution in [2.24, 2.45) is 4.99 Å². The van der Waals surface area contributed by atoms with Crippen LogP contribution in [-0.2, 0) is 10.4 Å². The normalized spacial score (nSPS) is 35.2. The third kappa shape index (κ3) is 2.11. The smallest absolute Gasteiger partial charge is 0.200 e. The van der Waals surface area contributed by atoms with Crippen LogP contribution in [0.15, 0.2) is 27.7 Å². The van der Waals surface area contributed by atoms with E-state index in [2.05, 4.69) is 27.3 Å². The molecule has 1 atom stereocenters. The van der Waals surface area contributed by atoms with Gasteiger partial charge in [0.15, 0.2) is 11.3 Å². The van der Waals surface area contributed by atoms with Gasteiger partial charge in [0, 0.05) is 17.1 Å². The number of benzene rings is 1. The monoisotopic (exact) mass is 394 g/mol. The number of thiocarbonyl (C=S) groups is 1. The van der Waals surface area contributed by atoms with Gasteiger partial charge in [0.2, 0.25) is 0 Å². The molecule has 1 unspecified atom stereocenters. The Bertz CT molecular complexity index is 713. The van der Waals surface area contributed by atoms with Crippen molar-refractivity contribution in [2.45, 2.75) is 50.0 Å². The summed E-state index contributed by atoms with van der Waals surface area (Å²) in [5.41, 5.74) is 0.950. The van der Waals surface area contributed by atoms with Crippen LogP contribution in [0.25, 0.3) is 0 Å². The Kier molecular flexibility index (Phi) is 3.55. The Balaban J connectivity index is 1.84. The molecule has 4 rings (SSSR count). The molecule has 1 fully saturated rings. The van der Waals surface area contributed by atoms with Gasteiger partial charge < -0.3 is 14.8 Å². The van der Waals surface area contributed by atoms with Gasteiger partial charge in [-0.1, -0.05) is 28.1 Å². The number of nitrogens with one attached hydrogen (secondary N) is 1. The number of rotatable bonds is 1. The molecule has 0 aromatic heterocycles. The van der Waals surface area contributed by atoms with Gasteiger partial charge in [-0.3, -0.25) is 4.99 Å². The van der Waals surface area contributed by atoms with E-state index >= 15 is 0 Å². The lowest BCUT2D eigenvalue weighted by Crippen LogP contribution is -2.59. The van der Waals surface area contributed by atoms with Crippen LogP contribution in [0.1, 0.15) is 38.2 Å². The average molecular weight is 395 g/mol. The van der Waals surface area contributed by atoms with Crippen molar-refractivity contribution in [3.05, 3.63) is 28.2 Å². The Hall–Kier alpha value is -0.980. The first-order valence-electron chi connectivity index (χ1n) is 7.90. The fraction of sp³-hybridized carbons (Fsp3) is 0.529. The quantitative estimate of drug-likeness (QED) is 0.737. The van der Waals surface area contributed by atoms with Crippen molar-refractivity contribution in [1.29, 1.82) is 0 Å². The van der Waals surface area contributed by atoms with Crippen LogP contribution in [0.3, 0.4) is 0 Å². The summed E-state index contributed by atoms with van der Waals surface area (Å²) >= 11 is 9.05. The number of fused-ring (bicyclic) bond motifs is 3. The van der Waals surface area contributed by atoms with E-state index in [0.717, 1.165) is 52.2 Å². The summed E-state index contributed by atoms with van der Waals surface area (Å²) in [7, 11) is 1.78.